The number of allylic oxidation sites excluding steroid dienone is 2. The maximum atomic E-state index is 13.6. The number of hydrogen-bond acceptors (Lipinski definition) is 5. The zero-order chi connectivity index (χ0) is 23.3. The molecule has 7 atom stereocenters. The van der Waals surface area contributed by atoms with Crippen molar-refractivity contribution in [1.29, 1.82) is 0 Å². The molecule has 2 saturated heterocycles. The summed E-state index contributed by atoms with van der Waals surface area (Å²) in [6.07, 6.45) is 6.97. The summed E-state index contributed by atoms with van der Waals surface area (Å²) in [5, 5.41) is 0. The third-order valence-corrected chi connectivity index (χ3v) is 10.0. The van der Waals surface area contributed by atoms with E-state index in [0.29, 0.717) is 25.6 Å². The predicted molar refractivity (Wildman–Crippen MR) is 122 cm³/mol. The van der Waals surface area contributed by atoms with Crippen molar-refractivity contribution in [3.63, 3.8) is 0 Å². The summed E-state index contributed by atoms with van der Waals surface area (Å²) in [4.78, 5) is 28.5. The molecule has 182 valence electrons. The minimum Gasteiger partial charge on any atom is -0.372 e. The molecule has 0 aromatic rings. The highest BCUT2D eigenvalue weighted by Crippen LogP contribution is 2.65. The molecule has 1 spiro atoms. The molecule has 0 radical (unpaired) electrons. The maximum Gasteiger partial charge on any atom is 0.233 e. The van der Waals surface area contributed by atoms with Gasteiger partial charge >= 0.3 is 0 Å². The highest BCUT2D eigenvalue weighted by molar-refractivity contribution is 6.05. The lowest BCUT2D eigenvalue weighted by atomic mass is 9.50. The molecule has 2 aliphatic heterocycles. The van der Waals surface area contributed by atoms with Gasteiger partial charge in [0.05, 0.1) is 36.8 Å². The second kappa shape index (κ2) is 7.14. The van der Waals surface area contributed by atoms with Gasteiger partial charge in [0, 0.05) is 19.9 Å². The van der Waals surface area contributed by atoms with Gasteiger partial charge in [0.15, 0.2) is 5.79 Å². The first-order chi connectivity index (χ1) is 15.5. The lowest BCUT2D eigenvalue weighted by Crippen LogP contribution is -2.52. The Kier molecular flexibility index (Phi) is 4.81. The van der Waals surface area contributed by atoms with Gasteiger partial charge in [-0.25, -0.2) is 0 Å². The van der Waals surface area contributed by atoms with Crippen molar-refractivity contribution < 1.29 is 23.8 Å². The number of nitrogens with zero attached hydrogens (tertiary/aromatic N) is 1. The molecule has 0 unspecified atom stereocenters. The molecule has 3 saturated carbocycles. The first-order valence-electron chi connectivity index (χ1n) is 13.0. The van der Waals surface area contributed by atoms with Gasteiger partial charge in [-0.1, -0.05) is 18.1 Å². The fourth-order valence-electron chi connectivity index (χ4n) is 8.68. The van der Waals surface area contributed by atoms with Crippen molar-refractivity contribution in [1.82, 2.24) is 4.90 Å². The molecule has 0 aromatic carbocycles. The summed E-state index contributed by atoms with van der Waals surface area (Å²) in [5.41, 5.74) is 2.84. The summed E-state index contributed by atoms with van der Waals surface area (Å²) in [6.45, 7) is 10.1. The Hall–Kier alpha value is -1.24. The zero-order valence-electron chi connectivity index (χ0n) is 20.8. The molecule has 2 amide bonds. The van der Waals surface area contributed by atoms with E-state index in [1.165, 1.54) is 16.0 Å². The highest BCUT2D eigenvalue weighted by Gasteiger charge is 2.65. The number of ether oxygens (including phenoxy) is 3. The highest BCUT2D eigenvalue weighted by atomic mass is 16.7. The summed E-state index contributed by atoms with van der Waals surface area (Å²) in [7, 11) is 1.69. The fourth-order valence-corrected chi connectivity index (χ4v) is 8.68. The van der Waals surface area contributed by atoms with Crippen LogP contribution < -0.4 is 0 Å². The van der Waals surface area contributed by atoms with Crippen LogP contribution >= 0.6 is 0 Å². The van der Waals surface area contributed by atoms with Crippen molar-refractivity contribution in [3.8, 4) is 0 Å². The van der Waals surface area contributed by atoms with Crippen LogP contribution in [0, 0.1) is 35.0 Å². The van der Waals surface area contributed by atoms with Gasteiger partial charge in [-0.3, -0.25) is 14.5 Å². The van der Waals surface area contributed by atoms with E-state index < -0.39 is 5.79 Å². The van der Waals surface area contributed by atoms with Crippen LogP contribution in [-0.2, 0) is 23.8 Å². The number of likely N-dealkylation sites (tertiary alicyclic amines) is 1. The number of hydrogen-bond donors (Lipinski definition) is 0. The number of carbonyl (C=O) groups is 2. The molecule has 6 heteroatoms. The van der Waals surface area contributed by atoms with Crippen LogP contribution in [0.5, 0.6) is 0 Å². The minimum absolute atomic E-state index is 0.00867. The van der Waals surface area contributed by atoms with Crippen LogP contribution in [0.4, 0.5) is 0 Å². The number of rotatable bonds is 1. The smallest absolute Gasteiger partial charge is 0.233 e. The molecule has 4 aliphatic carbocycles. The molecule has 0 N–H and O–H groups in total. The van der Waals surface area contributed by atoms with E-state index in [1.54, 1.807) is 7.05 Å². The van der Waals surface area contributed by atoms with Crippen LogP contribution in [-0.4, -0.2) is 54.5 Å². The lowest BCUT2D eigenvalue weighted by molar-refractivity contribution is -0.187. The third-order valence-electron chi connectivity index (χ3n) is 10.0. The van der Waals surface area contributed by atoms with Gasteiger partial charge in [-0.2, -0.15) is 0 Å². The molecule has 0 bridgehead atoms. The van der Waals surface area contributed by atoms with Crippen molar-refractivity contribution in [2.75, 3.05) is 20.3 Å². The minimum atomic E-state index is -0.557. The molecule has 5 fully saturated rings. The van der Waals surface area contributed by atoms with E-state index in [1.807, 2.05) is 0 Å². The molecule has 6 nitrogen and oxygen atoms in total. The van der Waals surface area contributed by atoms with Gasteiger partial charge in [0.1, 0.15) is 0 Å². The first-order valence-corrected chi connectivity index (χ1v) is 13.0. The van der Waals surface area contributed by atoms with Gasteiger partial charge < -0.3 is 14.2 Å². The first kappa shape index (κ1) is 22.2. The molecular weight excluding hydrogens is 418 g/mol. The van der Waals surface area contributed by atoms with Gasteiger partial charge in [0.2, 0.25) is 11.8 Å². The van der Waals surface area contributed by atoms with E-state index in [-0.39, 0.29) is 52.6 Å². The Morgan fingerprint density at radius 2 is 1.61 bits per heavy atom. The summed E-state index contributed by atoms with van der Waals surface area (Å²) in [6, 6.07) is 0. The second-order valence-corrected chi connectivity index (χ2v) is 12.7. The molecular formula is C27H39NO5. The Morgan fingerprint density at radius 1 is 0.939 bits per heavy atom. The Bertz CT molecular complexity index is 912. The van der Waals surface area contributed by atoms with E-state index >= 15 is 0 Å². The standard InChI is InChI=1S/C27H39NO5/c1-25(2,3)33-19-7-6-18-20-16(8-10-26(18,19)4)15-9-11-27(31-12-13-32-27)14-17(15)21-22(20)24(30)28(5)23(21)29/h17-22H,6-14H2,1-5H3/t17-,18+,19-,20-,21-,22+,26-/m0/s1. The normalized spacial score (nSPS) is 44.2. The van der Waals surface area contributed by atoms with Crippen molar-refractivity contribution in [2.45, 2.75) is 90.1 Å². The van der Waals surface area contributed by atoms with E-state index in [9.17, 15) is 9.59 Å². The van der Waals surface area contributed by atoms with Crippen LogP contribution in [0.25, 0.3) is 0 Å². The van der Waals surface area contributed by atoms with Crippen LogP contribution in [0.2, 0.25) is 0 Å². The summed E-state index contributed by atoms with van der Waals surface area (Å²) in [5.74, 6) is -0.372. The van der Waals surface area contributed by atoms with Crippen molar-refractivity contribution >= 4 is 11.8 Å². The average Bonchev–Trinajstić information content (AvgIpc) is 3.40. The van der Waals surface area contributed by atoms with E-state index in [4.69, 9.17) is 14.2 Å². The second-order valence-electron chi connectivity index (χ2n) is 12.7. The van der Waals surface area contributed by atoms with Crippen LogP contribution in [0.1, 0.15) is 72.6 Å². The Morgan fingerprint density at radius 3 is 2.30 bits per heavy atom. The van der Waals surface area contributed by atoms with Gasteiger partial charge in [0.25, 0.3) is 0 Å². The fraction of sp³-hybridized carbons (Fsp3) is 0.852. The molecule has 6 rings (SSSR count). The molecule has 2 heterocycles. The number of imide groups is 1. The van der Waals surface area contributed by atoms with Crippen LogP contribution in [0.15, 0.2) is 11.1 Å². The summed E-state index contributed by atoms with van der Waals surface area (Å²) >= 11 is 0. The Balaban J connectivity index is 1.42. The van der Waals surface area contributed by atoms with Crippen molar-refractivity contribution in [2.24, 2.45) is 35.0 Å². The zero-order valence-corrected chi connectivity index (χ0v) is 20.8. The van der Waals surface area contributed by atoms with E-state index in [0.717, 1.165) is 38.5 Å². The van der Waals surface area contributed by atoms with Gasteiger partial charge in [-0.05, 0) is 76.0 Å². The topological polar surface area (TPSA) is 65.1 Å². The average molecular weight is 458 g/mol. The monoisotopic (exact) mass is 457 g/mol. The summed E-state index contributed by atoms with van der Waals surface area (Å²) < 4.78 is 18.7. The molecule has 33 heavy (non-hydrogen) atoms. The third kappa shape index (κ3) is 3.09. The quantitative estimate of drug-likeness (QED) is 0.439. The van der Waals surface area contributed by atoms with Crippen molar-refractivity contribution in [3.05, 3.63) is 11.1 Å². The predicted octanol–water partition coefficient (Wildman–Crippen LogP) is 4.08. The van der Waals surface area contributed by atoms with Crippen LogP contribution in [0.3, 0.4) is 0 Å². The number of amides is 2. The Labute approximate surface area is 197 Å². The number of fused-ring (bicyclic) bond motifs is 7. The lowest BCUT2D eigenvalue weighted by Gasteiger charge is -2.54. The van der Waals surface area contributed by atoms with Gasteiger partial charge in [-0.15, -0.1) is 0 Å². The molecule has 0 aromatic heterocycles. The SMILES string of the molecule is CN1C(=O)[C@@H]2[C@H]3C(=C4CCC5(C[C@@H]4[C@@H]2C1=O)OCCO5)CC[C@]1(C)[C@@H](OC(C)(C)C)CC[C@H]31. The maximum absolute atomic E-state index is 13.6. The number of carbonyl (C=O) groups excluding carboxylic acids is 2. The molecule has 6 aliphatic rings. The largest absolute Gasteiger partial charge is 0.372 e. The van der Waals surface area contributed by atoms with E-state index in [2.05, 4.69) is 27.7 Å².